The fourth-order valence-corrected chi connectivity index (χ4v) is 4.87. The summed E-state index contributed by atoms with van der Waals surface area (Å²) in [6.45, 7) is 0. The molecule has 0 saturated heterocycles. The van der Waals surface area contributed by atoms with E-state index in [1.54, 1.807) is 0 Å². The molecule has 4 aromatic carbocycles. The zero-order valence-electron chi connectivity index (χ0n) is 22.1. The average molecular weight is 762 g/mol. The van der Waals surface area contributed by atoms with Crippen LogP contribution in [0.4, 0.5) is 96.9 Å². The number of hydrogen-bond acceptors (Lipinski definition) is 2. The first-order chi connectivity index (χ1) is 23.1. The van der Waals surface area contributed by atoms with Gasteiger partial charge in [-0.05, 0) is 9.05 Å². The maximum atomic E-state index is 15.4. The lowest BCUT2D eigenvalue weighted by molar-refractivity contribution is -0.350. The lowest BCUT2D eigenvalue weighted by Gasteiger charge is -2.45. The van der Waals surface area contributed by atoms with Gasteiger partial charge in [0.05, 0.1) is 22.3 Å². The minimum Gasteiger partial charge on any atom is -0.203 e. The smallest absolute Gasteiger partial charge is 0.203 e. The van der Waals surface area contributed by atoms with Crippen LogP contribution in [-0.2, 0) is 21.1 Å². The maximum Gasteiger partial charge on any atom is 0.212 e. The van der Waals surface area contributed by atoms with Crippen molar-refractivity contribution >= 4 is 0 Å². The highest BCUT2D eigenvalue weighted by atomic mass is 19.3. The molecule has 4 rings (SSSR count). The van der Waals surface area contributed by atoms with E-state index < -0.39 is 150 Å². The van der Waals surface area contributed by atoms with E-state index in [-0.39, 0.29) is 0 Å². The van der Waals surface area contributed by atoms with Gasteiger partial charge in [-0.25, -0.2) is 87.8 Å². The van der Waals surface area contributed by atoms with Gasteiger partial charge in [0.1, 0.15) is 0 Å². The molecule has 0 fully saturated rings. The summed E-state index contributed by atoms with van der Waals surface area (Å²) in [5.74, 6) is -75.7. The monoisotopic (exact) mass is 762 g/mol. The maximum absolute atomic E-state index is 15.4. The molecule has 0 aliphatic heterocycles. The van der Waals surface area contributed by atoms with E-state index >= 15 is 44.2 Å². The second kappa shape index (κ2) is 12.5. The number of benzene rings is 4. The molecule has 0 atom stereocenters. The van der Waals surface area contributed by atoms with Crippen molar-refractivity contribution in [2.45, 2.75) is 11.2 Å². The van der Waals surface area contributed by atoms with Crippen molar-refractivity contribution in [1.82, 2.24) is 0 Å². The quantitative estimate of drug-likeness (QED) is 0.106. The molecule has 0 bridgehead atoms. The second-order valence-electron chi connectivity index (χ2n) is 9.30. The third-order valence-electron chi connectivity index (χ3n) is 6.97. The second-order valence-corrected chi connectivity index (χ2v) is 9.30. The molecule has 0 aliphatic carbocycles. The molecule has 0 N–H and O–H groups in total. The van der Waals surface area contributed by atoms with Gasteiger partial charge in [0.25, 0.3) is 0 Å². The third-order valence-corrected chi connectivity index (χ3v) is 6.97. The molecule has 270 valence electrons. The molecule has 50 heavy (non-hydrogen) atoms. The molecule has 0 heterocycles. The van der Waals surface area contributed by atoms with E-state index in [1.165, 1.54) is 0 Å². The minimum atomic E-state index is -6.80. The molecule has 0 unspecified atom stereocenters. The van der Waals surface area contributed by atoms with Gasteiger partial charge in [0.15, 0.2) is 93.1 Å². The highest BCUT2D eigenvalue weighted by molar-refractivity contribution is 5.55. The van der Waals surface area contributed by atoms with Gasteiger partial charge in [-0.1, -0.05) is 0 Å². The van der Waals surface area contributed by atoms with Crippen LogP contribution >= 0.6 is 0 Å². The van der Waals surface area contributed by atoms with Crippen LogP contribution in [0.25, 0.3) is 0 Å². The molecule has 0 radical (unpaired) electrons. The Bertz CT molecular complexity index is 1710. The molecule has 2 nitrogen and oxygen atoms in total. The number of rotatable bonds is 7. The predicted octanol–water partition coefficient (Wildman–Crippen LogP) is 9.46. The molecule has 0 saturated carbocycles. The summed E-state index contributed by atoms with van der Waals surface area (Å²) in [7, 11) is 0. The van der Waals surface area contributed by atoms with Gasteiger partial charge >= 0.3 is 0 Å². The Morgan fingerprint density at radius 3 is 0.400 bits per heavy atom. The average Bonchev–Trinajstić information content (AvgIpc) is 3.09. The Morgan fingerprint density at radius 2 is 0.300 bits per heavy atom. The normalized spacial score (nSPS) is 12.4. The van der Waals surface area contributed by atoms with Crippen LogP contribution in [0.3, 0.4) is 0 Å². The molecule has 0 aromatic heterocycles. The van der Waals surface area contributed by atoms with Crippen LogP contribution in [0, 0.1) is 116 Å². The summed E-state index contributed by atoms with van der Waals surface area (Å²) >= 11 is 0. The summed E-state index contributed by atoms with van der Waals surface area (Å²) in [6.07, 6.45) is 0. The number of hydrogen-bond donors (Lipinski definition) is 0. The molecule has 4 aromatic rings. The molecular weight excluding hydrogens is 762 g/mol. The Hall–Kier alpha value is -4.74. The Balaban J connectivity index is 2.70. The van der Waals surface area contributed by atoms with Crippen molar-refractivity contribution in [3.05, 3.63) is 139 Å². The standard InChI is InChI=1S/C26F22O2/c27-5-1(6(28)14(36)21(43)13(5)35)25(49-47,2-7(29)15(37)22(44)16(38)8(2)30)26(50-48,3-9(31)17(39)23(45)18(40)10(3)32)4-11(33)19(41)24(46)20(42)12(4)34. The van der Waals surface area contributed by atoms with E-state index in [0.29, 0.717) is 0 Å². The minimum absolute atomic E-state index is 2.66. The van der Waals surface area contributed by atoms with Crippen LogP contribution < -0.4 is 0 Å². The highest BCUT2D eigenvalue weighted by Gasteiger charge is 2.71. The third kappa shape index (κ3) is 4.55. The Labute approximate surface area is 257 Å². The van der Waals surface area contributed by atoms with Crippen LogP contribution in [0.5, 0.6) is 0 Å². The summed E-state index contributed by atoms with van der Waals surface area (Å²) < 4.78 is 326. The van der Waals surface area contributed by atoms with Gasteiger partial charge in [-0.2, -0.15) is 9.88 Å². The highest BCUT2D eigenvalue weighted by Crippen LogP contribution is 2.60. The van der Waals surface area contributed by atoms with Crippen molar-refractivity contribution in [2.75, 3.05) is 0 Å². The van der Waals surface area contributed by atoms with Crippen LogP contribution in [-0.4, -0.2) is 0 Å². The van der Waals surface area contributed by atoms with Crippen LogP contribution in [0.1, 0.15) is 22.3 Å². The van der Waals surface area contributed by atoms with Gasteiger partial charge < -0.3 is 0 Å². The lowest BCUT2D eigenvalue weighted by Crippen LogP contribution is -2.57. The van der Waals surface area contributed by atoms with Crippen molar-refractivity contribution in [1.29, 1.82) is 0 Å². The van der Waals surface area contributed by atoms with Gasteiger partial charge in [-0.15, -0.1) is 0 Å². The number of halogens is 22. The van der Waals surface area contributed by atoms with Crippen molar-refractivity contribution < 1.29 is 107 Å². The predicted molar refractivity (Wildman–Crippen MR) is 111 cm³/mol. The summed E-state index contributed by atoms with van der Waals surface area (Å²) in [5.41, 5.74) is -29.6. The van der Waals surface area contributed by atoms with E-state index in [9.17, 15) is 52.7 Å². The first-order valence-electron chi connectivity index (χ1n) is 11.7. The van der Waals surface area contributed by atoms with Crippen LogP contribution in [0.2, 0.25) is 0 Å². The zero-order chi connectivity index (χ0) is 38.3. The molecule has 0 spiro atoms. The first-order valence-corrected chi connectivity index (χ1v) is 11.7. The van der Waals surface area contributed by atoms with Crippen LogP contribution in [0.15, 0.2) is 0 Å². The largest absolute Gasteiger partial charge is 0.212 e. The molecule has 0 aliphatic rings. The van der Waals surface area contributed by atoms with Crippen molar-refractivity contribution in [2.24, 2.45) is 0 Å². The van der Waals surface area contributed by atoms with E-state index in [2.05, 4.69) is 9.88 Å². The molecule has 24 heteroatoms. The molecule has 0 amide bonds. The zero-order valence-corrected chi connectivity index (χ0v) is 22.1. The lowest BCUT2D eigenvalue weighted by atomic mass is 9.64. The van der Waals surface area contributed by atoms with E-state index in [4.69, 9.17) is 0 Å². The van der Waals surface area contributed by atoms with Crippen molar-refractivity contribution in [3.8, 4) is 0 Å². The molecular formula is C26F22O2. The summed E-state index contributed by atoms with van der Waals surface area (Å²) in [6, 6.07) is 0. The SMILES string of the molecule is FOC(c1c(F)c(F)c(F)c(F)c1F)(c1c(F)c(F)c(F)c(F)c1F)C(OF)(c1c(F)c(F)c(F)c(F)c1F)c1c(F)c(F)c(F)c(F)c1F. The van der Waals surface area contributed by atoms with E-state index in [1.807, 2.05) is 0 Å². The van der Waals surface area contributed by atoms with Gasteiger partial charge in [0.2, 0.25) is 34.5 Å². The summed E-state index contributed by atoms with van der Waals surface area (Å²) in [4.78, 5) is 5.32. The van der Waals surface area contributed by atoms with Gasteiger partial charge in [0, 0.05) is 0 Å². The van der Waals surface area contributed by atoms with Crippen molar-refractivity contribution in [3.63, 3.8) is 0 Å². The Morgan fingerprint density at radius 1 is 0.200 bits per heavy atom. The van der Waals surface area contributed by atoms with Gasteiger partial charge in [-0.3, -0.25) is 0 Å². The first kappa shape index (κ1) is 38.1. The Kier molecular flexibility index (Phi) is 9.55. The summed E-state index contributed by atoms with van der Waals surface area (Å²) in [5, 5.41) is 0. The fraction of sp³-hybridized carbons (Fsp3) is 0.0769. The van der Waals surface area contributed by atoms with E-state index in [0.717, 1.165) is 0 Å². The topological polar surface area (TPSA) is 18.5 Å². The fourth-order valence-electron chi connectivity index (χ4n) is 4.87.